The topological polar surface area (TPSA) is 52.0 Å². The van der Waals surface area contributed by atoms with Gasteiger partial charge < -0.3 is 10.3 Å². The Morgan fingerprint density at radius 1 is 1.47 bits per heavy atom. The smallest absolute Gasteiger partial charge is 0.171 e. The first kappa shape index (κ1) is 10.1. The van der Waals surface area contributed by atoms with Crippen molar-refractivity contribution in [1.82, 2.24) is 5.16 Å². The Kier molecular flexibility index (Phi) is 2.70. The molecule has 0 bridgehead atoms. The van der Waals surface area contributed by atoms with Crippen LogP contribution in [-0.2, 0) is 6.54 Å². The summed E-state index contributed by atoms with van der Waals surface area (Å²) in [6.45, 7) is 0.313. The van der Waals surface area contributed by atoms with Crippen LogP contribution in [0.1, 0.15) is 5.56 Å². The Labute approximate surface area is 90.6 Å². The zero-order chi connectivity index (χ0) is 10.8. The van der Waals surface area contributed by atoms with Crippen LogP contribution in [-0.4, -0.2) is 5.16 Å². The van der Waals surface area contributed by atoms with Crippen LogP contribution in [0.25, 0.3) is 11.3 Å². The van der Waals surface area contributed by atoms with Crippen molar-refractivity contribution in [1.29, 1.82) is 0 Å². The monoisotopic (exact) mass is 226 g/mol. The number of aromatic nitrogens is 1. The molecule has 0 atom stereocenters. The van der Waals surface area contributed by atoms with Crippen molar-refractivity contribution in [3.8, 4) is 11.3 Å². The van der Waals surface area contributed by atoms with E-state index < -0.39 is 5.82 Å². The highest BCUT2D eigenvalue weighted by atomic mass is 35.5. The SMILES string of the molecule is NCc1cnoc1-c1ccc(F)c(Cl)c1. The normalized spacial score (nSPS) is 10.6. The minimum atomic E-state index is -0.464. The molecule has 0 spiro atoms. The fourth-order valence-corrected chi connectivity index (χ4v) is 1.46. The van der Waals surface area contributed by atoms with E-state index in [4.69, 9.17) is 21.9 Å². The molecule has 0 fully saturated rings. The van der Waals surface area contributed by atoms with E-state index in [9.17, 15) is 4.39 Å². The second-order valence-electron chi connectivity index (χ2n) is 3.01. The molecule has 15 heavy (non-hydrogen) atoms. The number of rotatable bonds is 2. The average Bonchev–Trinajstić information content (AvgIpc) is 2.70. The molecule has 1 heterocycles. The zero-order valence-electron chi connectivity index (χ0n) is 7.71. The van der Waals surface area contributed by atoms with Gasteiger partial charge in [0.1, 0.15) is 5.82 Å². The van der Waals surface area contributed by atoms with Crippen molar-refractivity contribution >= 4 is 11.6 Å². The Balaban J connectivity index is 2.50. The Morgan fingerprint density at radius 2 is 2.27 bits per heavy atom. The number of nitrogens with two attached hydrogens (primary N) is 1. The van der Waals surface area contributed by atoms with E-state index in [0.29, 0.717) is 17.9 Å². The van der Waals surface area contributed by atoms with Crippen molar-refractivity contribution < 1.29 is 8.91 Å². The fourth-order valence-electron chi connectivity index (χ4n) is 1.28. The van der Waals surface area contributed by atoms with Gasteiger partial charge >= 0.3 is 0 Å². The van der Waals surface area contributed by atoms with Crippen LogP contribution in [0.15, 0.2) is 28.9 Å². The third-order valence-electron chi connectivity index (χ3n) is 2.05. The van der Waals surface area contributed by atoms with Gasteiger partial charge in [0.05, 0.1) is 11.2 Å². The highest BCUT2D eigenvalue weighted by molar-refractivity contribution is 6.31. The summed E-state index contributed by atoms with van der Waals surface area (Å²) in [5.74, 6) is 0.0635. The molecule has 1 aromatic heterocycles. The molecule has 1 aromatic carbocycles. The third kappa shape index (κ3) is 1.86. The van der Waals surface area contributed by atoms with Crippen LogP contribution < -0.4 is 5.73 Å². The van der Waals surface area contributed by atoms with Gasteiger partial charge in [-0.2, -0.15) is 0 Å². The van der Waals surface area contributed by atoms with Gasteiger partial charge in [0.2, 0.25) is 0 Å². The van der Waals surface area contributed by atoms with Crippen molar-refractivity contribution in [2.45, 2.75) is 6.54 Å². The summed E-state index contributed by atoms with van der Waals surface area (Å²) in [5.41, 5.74) is 6.92. The lowest BCUT2D eigenvalue weighted by atomic mass is 10.1. The molecule has 0 unspecified atom stereocenters. The van der Waals surface area contributed by atoms with Gasteiger partial charge in [-0.05, 0) is 18.2 Å². The zero-order valence-corrected chi connectivity index (χ0v) is 8.46. The largest absolute Gasteiger partial charge is 0.356 e. The molecule has 78 valence electrons. The molecule has 2 N–H and O–H groups in total. The van der Waals surface area contributed by atoms with E-state index >= 15 is 0 Å². The lowest BCUT2D eigenvalue weighted by Gasteiger charge is -2.00. The molecule has 0 amide bonds. The van der Waals surface area contributed by atoms with E-state index in [0.717, 1.165) is 5.56 Å². The molecule has 0 saturated heterocycles. The average molecular weight is 227 g/mol. The molecule has 0 aliphatic carbocycles. The molecular weight excluding hydrogens is 219 g/mol. The maximum Gasteiger partial charge on any atom is 0.171 e. The molecule has 2 aromatic rings. The number of nitrogens with zero attached hydrogens (tertiary/aromatic N) is 1. The molecule has 0 aliphatic rings. The van der Waals surface area contributed by atoms with E-state index in [1.807, 2.05) is 0 Å². The summed E-state index contributed by atoms with van der Waals surface area (Å²) >= 11 is 5.66. The first-order valence-corrected chi connectivity index (χ1v) is 4.69. The van der Waals surface area contributed by atoms with Crippen molar-refractivity contribution in [3.63, 3.8) is 0 Å². The minimum absolute atomic E-state index is 0.0480. The summed E-state index contributed by atoms with van der Waals surface area (Å²) in [6.07, 6.45) is 1.53. The van der Waals surface area contributed by atoms with Gasteiger partial charge in [-0.15, -0.1) is 0 Å². The standard InChI is InChI=1S/C10H8ClFN2O/c11-8-3-6(1-2-9(8)12)10-7(4-13)5-14-15-10/h1-3,5H,4,13H2. The van der Waals surface area contributed by atoms with Crippen LogP contribution in [0.3, 0.4) is 0 Å². The summed E-state index contributed by atoms with van der Waals surface area (Å²) in [7, 11) is 0. The maximum atomic E-state index is 12.9. The van der Waals surface area contributed by atoms with Gasteiger partial charge in [0, 0.05) is 17.7 Å². The molecule has 3 nitrogen and oxygen atoms in total. The molecule has 2 rings (SSSR count). The van der Waals surface area contributed by atoms with Crippen LogP contribution in [0.2, 0.25) is 5.02 Å². The quantitative estimate of drug-likeness (QED) is 0.856. The number of hydrogen-bond donors (Lipinski definition) is 1. The third-order valence-corrected chi connectivity index (χ3v) is 2.34. The molecule has 5 heteroatoms. The second kappa shape index (κ2) is 4.00. The second-order valence-corrected chi connectivity index (χ2v) is 3.42. The van der Waals surface area contributed by atoms with Gasteiger partial charge in [0.15, 0.2) is 5.76 Å². The summed E-state index contributed by atoms with van der Waals surface area (Å²) in [6, 6.07) is 4.33. The van der Waals surface area contributed by atoms with Gasteiger partial charge in [-0.1, -0.05) is 16.8 Å². The van der Waals surface area contributed by atoms with Gasteiger partial charge in [-0.3, -0.25) is 0 Å². The fraction of sp³-hybridized carbons (Fsp3) is 0.100. The van der Waals surface area contributed by atoms with Crippen LogP contribution in [0, 0.1) is 5.82 Å². The first-order chi connectivity index (χ1) is 7.22. The highest BCUT2D eigenvalue weighted by Gasteiger charge is 2.11. The predicted octanol–water partition coefficient (Wildman–Crippen LogP) is 2.59. The van der Waals surface area contributed by atoms with Crippen molar-refractivity contribution in [2.75, 3.05) is 0 Å². The van der Waals surface area contributed by atoms with Crippen molar-refractivity contribution in [2.24, 2.45) is 5.73 Å². The lowest BCUT2D eigenvalue weighted by Crippen LogP contribution is -1.96. The van der Waals surface area contributed by atoms with Crippen LogP contribution in [0.5, 0.6) is 0 Å². The van der Waals surface area contributed by atoms with E-state index in [1.165, 1.54) is 18.3 Å². The molecule has 0 saturated carbocycles. The number of hydrogen-bond acceptors (Lipinski definition) is 3. The van der Waals surface area contributed by atoms with Crippen LogP contribution >= 0.6 is 11.6 Å². The molecular formula is C10H8ClFN2O. The summed E-state index contributed by atoms with van der Waals surface area (Å²) < 4.78 is 17.9. The predicted molar refractivity (Wildman–Crippen MR) is 54.8 cm³/mol. The molecule has 0 aliphatic heterocycles. The lowest BCUT2D eigenvalue weighted by molar-refractivity contribution is 0.431. The van der Waals surface area contributed by atoms with Gasteiger partial charge in [0.25, 0.3) is 0 Å². The summed E-state index contributed by atoms with van der Waals surface area (Å²) in [4.78, 5) is 0. The number of benzene rings is 1. The Hall–Kier alpha value is -1.39. The Bertz CT molecular complexity index is 484. The molecule has 0 radical (unpaired) electrons. The highest BCUT2D eigenvalue weighted by Crippen LogP contribution is 2.27. The minimum Gasteiger partial charge on any atom is -0.356 e. The number of halogens is 2. The van der Waals surface area contributed by atoms with E-state index in [-0.39, 0.29) is 5.02 Å². The van der Waals surface area contributed by atoms with Crippen LogP contribution in [0.4, 0.5) is 4.39 Å². The van der Waals surface area contributed by atoms with Crippen molar-refractivity contribution in [3.05, 3.63) is 40.8 Å². The first-order valence-electron chi connectivity index (χ1n) is 4.31. The van der Waals surface area contributed by atoms with E-state index in [2.05, 4.69) is 5.16 Å². The maximum absolute atomic E-state index is 12.9. The van der Waals surface area contributed by atoms with Gasteiger partial charge in [-0.25, -0.2) is 4.39 Å². The Morgan fingerprint density at radius 3 is 2.93 bits per heavy atom. The summed E-state index contributed by atoms with van der Waals surface area (Å²) in [5, 5.41) is 3.68. The van der Waals surface area contributed by atoms with E-state index in [1.54, 1.807) is 6.07 Å².